The van der Waals surface area contributed by atoms with Crippen molar-refractivity contribution in [2.75, 3.05) is 9.80 Å². The quantitative estimate of drug-likeness (QED) is 0.116. The molecule has 0 radical (unpaired) electrons. The lowest BCUT2D eigenvalue weighted by molar-refractivity contribution is 1.28. The van der Waals surface area contributed by atoms with Crippen molar-refractivity contribution in [3.05, 3.63) is 248 Å². The SMILES string of the molecule is C=C(/C=C\C=C/C)c1c(C#N)c(C#N)c(-c2ccccc2)c(-c2ccc(N(c3ccccc3)c3ccccc3)cc2)c1-c1ccc(N(c2ccccc2)c2ccccc2)cc1. The third-order valence-corrected chi connectivity index (χ3v) is 10.6. The average molecular weight is 783 g/mol. The molecule has 0 unspecified atom stereocenters. The summed E-state index contributed by atoms with van der Waals surface area (Å²) in [7, 11) is 0. The van der Waals surface area contributed by atoms with Crippen molar-refractivity contribution >= 4 is 39.7 Å². The smallest absolute Gasteiger partial charge is 0.101 e. The van der Waals surface area contributed by atoms with Crippen LogP contribution in [0.25, 0.3) is 39.0 Å². The molecule has 4 nitrogen and oxygen atoms in total. The Morgan fingerprint density at radius 2 is 0.754 bits per heavy atom. The molecule has 8 aromatic rings. The van der Waals surface area contributed by atoms with Crippen molar-refractivity contribution in [3.8, 4) is 45.5 Å². The highest BCUT2D eigenvalue weighted by molar-refractivity contribution is 6.05. The molecule has 0 saturated carbocycles. The van der Waals surface area contributed by atoms with Crippen LogP contribution in [-0.2, 0) is 0 Å². The monoisotopic (exact) mass is 782 g/mol. The van der Waals surface area contributed by atoms with E-state index >= 15 is 0 Å². The van der Waals surface area contributed by atoms with Gasteiger partial charge in [0.2, 0.25) is 0 Å². The summed E-state index contributed by atoms with van der Waals surface area (Å²) in [5, 5.41) is 22.1. The summed E-state index contributed by atoms with van der Waals surface area (Å²) in [4.78, 5) is 4.45. The number of nitriles is 2. The fourth-order valence-electron chi connectivity index (χ4n) is 7.89. The van der Waals surface area contributed by atoms with Gasteiger partial charge in [-0.15, -0.1) is 0 Å². The summed E-state index contributed by atoms with van der Waals surface area (Å²) >= 11 is 0. The van der Waals surface area contributed by atoms with Gasteiger partial charge in [0.15, 0.2) is 0 Å². The van der Waals surface area contributed by atoms with Gasteiger partial charge >= 0.3 is 0 Å². The van der Waals surface area contributed by atoms with Crippen molar-refractivity contribution in [2.45, 2.75) is 6.92 Å². The Hall–Kier alpha value is -8.44. The molecule has 0 amide bonds. The Morgan fingerprint density at radius 3 is 1.13 bits per heavy atom. The molecule has 290 valence electrons. The third-order valence-electron chi connectivity index (χ3n) is 10.6. The molecule has 8 aromatic carbocycles. The van der Waals surface area contributed by atoms with Crippen LogP contribution in [0.4, 0.5) is 34.1 Å². The Balaban J connectivity index is 1.41. The molecule has 0 aliphatic rings. The van der Waals surface area contributed by atoms with Gasteiger partial charge in [-0.1, -0.05) is 158 Å². The van der Waals surface area contributed by atoms with Gasteiger partial charge in [0.1, 0.15) is 12.1 Å². The molecule has 4 heteroatoms. The zero-order valence-electron chi connectivity index (χ0n) is 33.9. The molecule has 0 fully saturated rings. The molecular weight excluding hydrogens is 741 g/mol. The molecule has 0 aliphatic carbocycles. The molecule has 0 spiro atoms. The van der Waals surface area contributed by atoms with Gasteiger partial charge in [-0.3, -0.25) is 0 Å². The van der Waals surface area contributed by atoms with Gasteiger partial charge in [-0.2, -0.15) is 10.5 Å². The van der Waals surface area contributed by atoms with Gasteiger partial charge in [0, 0.05) is 45.3 Å². The summed E-state index contributed by atoms with van der Waals surface area (Å²) in [6.07, 6.45) is 7.71. The first-order valence-corrected chi connectivity index (χ1v) is 20.2. The maximum Gasteiger partial charge on any atom is 0.101 e. The second kappa shape index (κ2) is 18.4. The lowest BCUT2D eigenvalue weighted by atomic mass is 9.77. The van der Waals surface area contributed by atoms with Gasteiger partial charge in [0.25, 0.3) is 0 Å². The van der Waals surface area contributed by atoms with Crippen LogP contribution in [0.1, 0.15) is 23.6 Å². The van der Waals surface area contributed by atoms with Gasteiger partial charge < -0.3 is 9.80 Å². The minimum atomic E-state index is 0.283. The first kappa shape index (κ1) is 39.4. The molecular formula is C57H42N4. The molecule has 8 rings (SSSR count). The van der Waals surface area contributed by atoms with E-state index in [1.54, 1.807) is 0 Å². The van der Waals surface area contributed by atoms with Crippen LogP contribution in [0.15, 0.2) is 231 Å². The van der Waals surface area contributed by atoms with E-state index < -0.39 is 0 Å². The van der Waals surface area contributed by atoms with Crippen molar-refractivity contribution in [1.29, 1.82) is 10.5 Å². The van der Waals surface area contributed by atoms with Crippen LogP contribution in [-0.4, -0.2) is 0 Å². The highest BCUT2D eigenvalue weighted by atomic mass is 15.1. The molecule has 0 saturated heterocycles. The zero-order valence-corrected chi connectivity index (χ0v) is 33.9. The second-order valence-electron chi connectivity index (χ2n) is 14.4. The number of anilines is 6. The van der Waals surface area contributed by atoms with E-state index in [9.17, 15) is 10.5 Å². The van der Waals surface area contributed by atoms with Crippen molar-refractivity contribution in [1.82, 2.24) is 0 Å². The number of rotatable bonds is 12. The normalized spacial score (nSPS) is 10.9. The molecule has 0 heterocycles. The van der Waals surface area contributed by atoms with Crippen LogP contribution in [0.5, 0.6) is 0 Å². The van der Waals surface area contributed by atoms with Gasteiger partial charge in [-0.05, 0) is 113 Å². The fourth-order valence-corrected chi connectivity index (χ4v) is 7.89. The second-order valence-corrected chi connectivity index (χ2v) is 14.4. The molecule has 0 bridgehead atoms. The first-order valence-electron chi connectivity index (χ1n) is 20.2. The maximum atomic E-state index is 11.1. The Labute approximate surface area is 358 Å². The highest BCUT2D eigenvalue weighted by Crippen LogP contribution is 2.49. The molecule has 0 atom stereocenters. The van der Waals surface area contributed by atoms with Crippen LogP contribution in [0.3, 0.4) is 0 Å². The molecule has 0 N–H and O–H groups in total. The van der Waals surface area contributed by atoms with E-state index in [1.165, 1.54) is 0 Å². The van der Waals surface area contributed by atoms with Crippen molar-refractivity contribution < 1.29 is 0 Å². The predicted molar refractivity (Wildman–Crippen MR) is 255 cm³/mol. The van der Waals surface area contributed by atoms with Crippen LogP contribution in [0, 0.1) is 22.7 Å². The highest BCUT2D eigenvalue weighted by Gasteiger charge is 2.28. The summed E-state index contributed by atoms with van der Waals surface area (Å²) in [5.41, 5.74) is 12.9. The van der Waals surface area contributed by atoms with E-state index in [4.69, 9.17) is 0 Å². The Kier molecular flexibility index (Phi) is 11.9. The van der Waals surface area contributed by atoms with Crippen LogP contribution >= 0.6 is 0 Å². The minimum Gasteiger partial charge on any atom is -0.311 e. The summed E-state index contributed by atoms with van der Waals surface area (Å²) < 4.78 is 0. The lowest BCUT2D eigenvalue weighted by Crippen LogP contribution is -2.10. The first-order chi connectivity index (χ1) is 30.1. The Bertz CT molecular complexity index is 2830. The van der Waals surface area contributed by atoms with E-state index in [-0.39, 0.29) is 5.56 Å². The van der Waals surface area contributed by atoms with E-state index in [2.05, 4.69) is 126 Å². The van der Waals surface area contributed by atoms with E-state index in [0.29, 0.717) is 22.3 Å². The number of allylic oxidation sites excluding steroid dienone is 5. The van der Waals surface area contributed by atoms with Gasteiger partial charge in [-0.25, -0.2) is 0 Å². The standard InChI is InChI=1S/C57H42N4/c1-3-4-10-21-42(2)54-52(40-58)53(41-59)55(43-22-11-5-12-23-43)57(45-34-38-51(39-35-45)61(48-28-17-8-18-29-48)49-30-19-9-20-31-49)56(54)44-32-36-50(37-33-44)60(46-24-13-6-14-25-46)47-26-15-7-16-27-47/h3-39H,2H2,1H3/b4-3-,21-10-. The van der Waals surface area contributed by atoms with E-state index in [0.717, 1.165) is 61.9 Å². The average Bonchev–Trinajstić information content (AvgIpc) is 3.33. The lowest BCUT2D eigenvalue weighted by Gasteiger charge is -2.27. The number of hydrogen-bond donors (Lipinski definition) is 0. The molecule has 61 heavy (non-hydrogen) atoms. The van der Waals surface area contributed by atoms with Gasteiger partial charge in [0.05, 0.1) is 11.1 Å². The maximum absolute atomic E-state index is 11.1. The molecule has 0 aromatic heterocycles. The van der Waals surface area contributed by atoms with Crippen molar-refractivity contribution in [3.63, 3.8) is 0 Å². The van der Waals surface area contributed by atoms with Crippen LogP contribution < -0.4 is 9.80 Å². The largest absolute Gasteiger partial charge is 0.311 e. The van der Waals surface area contributed by atoms with E-state index in [1.807, 2.05) is 134 Å². The molecule has 0 aliphatic heterocycles. The third kappa shape index (κ3) is 8.16. The zero-order chi connectivity index (χ0) is 42.0. The van der Waals surface area contributed by atoms with Crippen LogP contribution in [0.2, 0.25) is 0 Å². The minimum absolute atomic E-state index is 0.283. The number of nitrogens with zero attached hydrogens (tertiary/aromatic N) is 4. The Morgan fingerprint density at radius 1 is 0.410 bits per heavy atom. The summed E-state index contributed by atoms with van der Waals surface area (Å²) in [5.74, 6) is 0. The summed E-state index contributed by atoms with van der Waals surface area (Å²) in [6.45, 7) is 6.49. The summed E-state index contributed by atoms with van der Waals surface area (Å²) in [6, 6.07) is 73.1. The van der Waals surface area contributed by atoms with Crippen molar-refractivity contribution in [2.24, 2.45) is 0 Å². The topological polar surface area (TPSA) is 54.1 Å². The number of para-hydroxylation sites is 4. The number of hydrogen-bond acceptors (Lipinski definition) is 4. The predicted octanol–water partition coefficient (Wildman–Crippen LogP) is 15.5. The fraction of sp³-hybridized carbons (Fsp3) is 0.0175. The number of benzene rings is 8.